The number of nitriles is 1. The van der Waals surface area contributed by atoms with Gasteiger partial charge in [0.1, 0.15) is 27.3 Å². The molecule has 1 aliphatic heterocycles. The molecule has 0 saturated heterocycles. The van der Waals surface area contributed by atoms with E-state index in [1.54, 1.807) is 13.0 Å². The molecular weight excluding hydrogens is 336 g/mol. The predicted molar refractivity (Wildman–Crippen MR) is 96.0 cm³/mol. The van der Waals surface area contributed by atoms with Gasteiger partial charge in [0.05, 0.1) is 17.9 Å². The summed E-state index contributed by atoms with van der Waals surface area (Å²) < 4.78 is 11.0. The summed E-state index contributed by atoms with van der Waals surface area (Å²) in [7, 11) is 0. The Morgan fingerprint density at radius 1 is 1.44 bits per heavy atom. The number of hydrogen-bond donors (Lipinski definition) is 0. The van der Waals surface area contributed by atoms with Crippen LogP contribution >= 0.6 is 11.3 Å². The monoisotopic (exact) mass is 356 g/mol. The first-order valence-corrected chi connectivity index (χ1v) is 9.13. The van der Waals surface area contributed by atoms with Crippen LogP contribution < -0.4 is 4.74 Å². The van der Waals surface area contributed by atoms with E-state index in [0.717, 1.165) is 28.2 Å². The Labute approximate surface area is 151 Å². The number of fused-ring (bicyclic) bond motifs is 1. The number of aryl methyl sites for hydroxylation is 1. The number of thiazole rings is 1. The van der Waals surface area contributed by atoms with Crippen LogP contribution in [0.25, 0.3) is 10.6 Å². The van der Waals surface area contributed by atoms with E-state index >= 15 is 0 Å². The molecule has 5 nitrogen and oxygen atoms in total. The summed E-state index contributed by atoms with van der Waals surface area (Å²) in [6.07, 6.45) is 1.39. The molecular formula is C19H20N2O3S. The lowest BCUT2D eigenvalue weighted by Gasteiger charge is -2.17. The zero-order valence-electron chi connectivity index (χ0n) is 14.8. The van der Waals surface area contributed by atoms with Crippen LogP contribution in [0.3, 0.4) is 0 Å². The second-order valence-electron chi connectivity index (χ2n) is 6.53. The van der Waals surface area contributed by atoms with Gasteiger partial charge in [-0.05, 0) is 39.3 Å². The largest absolute Gasteiger partial charge is 0.486 e. The quantitative estimate of drug-likeness (QED) is 0.770. The Bertz CT molecular complexity index is 878. The number of carbonyl (C=O) groups is 1. The van der Waals surface area contributed by atoms with Crippen molar-refractivity contribution < 1.29 is 14.3 Å². The van der Waals surface area contributed by atoms with Crippen molar-refractivity contribution >= 4 is 17.3 Å². The van der Waals surface area contributed by atoms with Crippen LogP contribution in [-0.2, 0) is 17.6 Å². The fraction of sp³-hybridized carbons (Fsp3) is 0.421. The number of rotatable bonds is 4. The first-order valence-electron chi connectivity index (χ1n) is 8.31. The van der Waals surface area contributed by atoms with Crippen LogP contribution in [0.4, 0.5) is 0 Å². The topological polar surface area (TPSA) is 72.2 Å². The second kappa shape index (κ2) is 6.49. The number of aromatic nitrogens is 1. The number of nitrogens with zero attached hydrogens (tertiary/aromatic N) is 2. The Balaban J connectivity index is 2.07. The summed E-state index contributed by atoms with van der Waals surface area (Å²) in [5.41, 5.74) is 2.76. The first kappa shape index (κ1) is 17.4. The molecule has 0 bridgehead atoms. The van der Waals surface area contributed by atoms with Gasteiger partial charge in [0.2, 0.25) is 0 Å². The molecule has 6 heteroatoms. The van der Waals surface area contributed by atoms with Crippen molar-refractivity contribution in [3.05, 3.63) is 33.8 Å². The minimum atomic E-state index is -0.339. The normalized spacial score (nSPS) is 14.5. The summed E-state index contributed by atoms with van der Waals surface area (Å²) >= 11 is 1.31. The third-order valence-electron chi connectivity index (χ3n) is 4.02. The third-order valence-corrected chi connectivity index (χ3v) is 5.15. The van der Waals surface area contributed by atoms with Crippen LogP contribution in [-0.4, -0.2) is 23.2 Å². The molecule has 0 fully saturated rings. The maximum atomic E-state index is 12.1. The molecule has 0 N–H and O–H groups in total. The first-order chi connectivity index (χ1) is 11.9. The van der Waals surface area contributed by atoms with E-state index in [9.17, 15) is 10.1 Å². The molecule has 1 aromatic heterocycles. The van der Waals surface area contributed by atoms with Crippen molar-refractivity contribution in [1.29, 1.82) is 5.26 Å². The van der Waals surface area contributed by atoms with Gasteiger partial charge in [0, 0.05) is 17.5 Å². The average molecular weight is 356 g/mol. The molecule has 3 rings (SSSR count). The van der Waals surface area contributed by atoms with Gasteiger partial charge >= 0.3 is 5.97 Å². The van der Waals surface area contributed by atoms with E-state index in [2.05, 4.69) is 11.1 Å². The van der Waals surface area contributed by atoms with Gasteiger partial charge < -0.3 is 9.47 Å². The molecule has 2 aromatic rings. The average Bonchev–Trinajstić information content (AvgIpc) is 3.13. The molecule has 25 heavy (non-hydrogen) atoms. The highest BCUT2D eigenvalue weighted by Crippen LogP contribution is 2.41. The van der Waals surface area contributed by atoms with E-state index in [1.165, 1.54) is 11.3 Å². The Hall–Kier alpha value is -2.39. The van der Waals surface area contributed by atoms with E-state index in [-0.39, 0.29) is 11.6 Å². The number of ether oxygens (including phenoxy) is 2. The van der Waals surface area contributed by atoms with Gasteiger partial charge in [-0.2, -0.15) is 5.26 Å². The summed E-state index contributed by atoms with van der Waals surface area (Å²) in [6, 6.07) is 6.01. The van der Waals surface area contributed by atoms with E-state index in [1.807, 2.05) is 26.8 Å². The number of esters is 1. The number of benzene rings is 1. The molecule has 0 radical (unpaired) electrons. The zero-order chi connectivity index (χ0) is 18.2. The lowest BCUT2D eigenvalue weighted by Crippen LogP contribution is -2.24. The fourth-order valence-corrected chi connectivity index (χ4v) is 4.02. The molecule has 1 aliphatic rings. The molecule has 0 amide bonds. The molecule has 130 valence electrons. The minimum absolute atomic E-state index is 0.319. The Morgan fingerprint density at radius 3 is 2.84 bits per heavy atom. The highest BCUT2D eigenvalue weighted by atomic mass is 32.1. The van der Waals surface area contributed by atoms with Crippen molar-refractivity contribution in [3.8, 4) is 22.4 Å². The van der Waals surface area contributed by atoms with Crippen LogP contribution in [0.15, 0.2) is 12.1 Å². The minimum Gasteiger partial charge on any atom is -0.486 e. The molecule has 0 atom stereocenters. The van der Waals surface area contributed by atoms with E-state index in [0.29, 0.717) is 29.2 Å². The van der Waals surface area contributed by atoms with Crippen molar-refractivity contribution in [2.45, 2.75) is 46.1 Å². The summed E-state index contributed by atoms with van der Waals surface area (Å²) in [5.74, 6) is 0.323. The van der Waals surface area contributed by atoms with E-state index in [4.69, 9.17) is 9.47 Å². The Kier molecular flexibility index (Phi) is 4.53. The van der Waals surface area contributed by atoms with Gasteiger partial charge in [-0.15, -0.1) is 11.3 Å². The van der Waals surface area contributed by atoms with Crippen molar-refractivity contribution in [1.82, 2.24) is 4.98 Å². The van der Waals surface area contributed by atoms with Gasteiger partial charge in [0.15, 0.2) is 0 Å². The van der Waals surface area contributed by atoms with Crippen LogP contribution in [0.2, 0.25) is 0 Å². The van der Waals surface area contributed by atoms with Crippen LogP contribution in [0.1, 0.15) is 54.2 Å². The second-order valence-corrected chi connectivity index (χ2v) is 7.53. The summed E-state index contributed by atoms with van der Waals surface area (Å²) in [6.45, 7) is 8.09. The van der Waals surface area contributed by atoms with Gasteiger partial charge in [0.25, 0.3) is 0 Å². The smallest absolute Gasteiger partial charge is 0.350 e. The zero-order valence-corrected chi connectivity index (χ0v) is 15.6. The molecule has 0 unspecified atom stereocenters. The Morgan fingerprint density at radius 2 is 2.20 bits per heavy atom. The van der Waals surface area contributed by atoms with Gasteiger partial charge in [-0.3, -0.25) is 0 Å². The molecule has 0 saturated carbocycles. The lowest BCUT2D eigenvalue weighted by molar-refractivity contribution is 0.0530. The molecule has 1 aromatic carbocycles. The molecule has 0 spiro atoms. The fourth-order valence-electron chi connectivity index (χ4n) is 2.99. The predicted octanol–water partition coefficient (Wildman–Crippen LogP) is 4.13. The van der Waals surface area contributed by atoms with Gasteiger partial charge in [-0.1, -0.05) is 6.92 Å². The number of hydrogen-bond acceptors (Lipinski definition) is 6. The summed E-state index contributed by atoms with van der Waals surface area (Å²) in [5, 5.41) is 10.2. The molecule has 0 aliphatic carbocycles. The number of carbonyl (C=O) groups excluding carboxylic acids is 1. The van der Waals surface area contributed by atoms with Gasteiger partial charge in [-0.25, -0.2) is 9.78 Å². The van der Waals surface area contributed by atoms with Crippen LogP contribution in [0, 0.1) is 11.3 Å². The van der Waals surface area contributed by atoms with E-state index < -0.39 is 0 Å². The van der Waals surface area contributed by atoms with Crippen molar-refractivity contribution in [3.63, 3.8) is 0 Å². The maximum Gasteiger partial charge on any atom is 0.350 e. The lowest BCUT2D eigenvalue weighted by atomic mass is 9.98. The van der Waals surface area contributed by atoms with Crippen LogP contribution in [0.5, 0.6) is 5.75 Å². The highest BCUT2D eigenvalue weighted by Gasteiger charge is 2.33. The summed E-state index contributed by atoms with van der Waals surface area (Å²) in [4.78, 5) is 17.3. The maximum absolute atomic E-state index is 12.1. The standard InChI is InChI=1S/C19H20N2O3S/c1-5-14-16(18(22)23-6-2)25-17(21-14)11-7-12-9-19(3,4)24-15(12)13(8-11)10-20/h7-8H,5-6,9H2,1-4H3. The third kappa shape index (κ3) is 3.24. The SMILES string of the molecule is CCOC(=O)c1sc(-c2cc(C#N)c3c(c2)CC(C)(C)O3)nc1CC. The van der Waals surface area contributed by atoms with Crippen molar-refractivity contribution in [2.24, 2.45) is 0 Å². The highest BCUT2D eigenvalue weighted by molar-refractivity contribution is 7.17. The van der Waals surface area contributed by atoms with Crippen molar-refractivity contribution in [2.75, 3.05) is 6.61 Å². The molecule has 2 heterocycles.